The minimum absolute atomic E-state index is 0.00340. The van der Waals surface area contributed by atoms with Gasteiger partial charge < -0.3 is 15.4 Å². The van der Waals surface area contributed by atoms with Crippen LogP contribution >= 0.6 is 23.8 Å². The van der Waals surface area contributed by atoms with Crippen LogP contribution in [0.2, 0.25) is 5.02 Å². The average molecular weight is 325 g/mol. The van der Waals surface area contributed by atoms with Crippen molar-refractivity contribution in [2.24, 2.45) is 0 Å². The standard InChI is InChI=1S/C13H13ClN4O2S/c1-8(2)12-15-7-11(18(19)20)17(12)13(21)16-10-5-3-9(14)4-6-10/h3-8H,1-2H3,(H,16,21). The number of hydrogen-bond acceptors (Lipinski definition) is 4. The molecule has 0 fully saturated rings. The molecule has 0 saturated carbocycles. The molecule has 2 rings (SSSR count). The molecule has 0 unspecified atom stereocenters. The number of benzene rings is 1. The van der Waals surface area contributed by atoms with Gasteiger partial charge in [0.25, 0.3) is 5.11 Å². The molecular weight excluding hydrogens is 312 g/mol. The first kappa shape index (κ1) is 15.4. The van der Waals surface area contributed by atoms with E-state index in [-0.39, 0.29) is 16.8 Å². The minimum Gasteiger partial charge on any atom is -0.358 e. The molecule has 0 aliphatic heterocycles. The van der Waals surface area contributed by atoms with Gasteiger partial charge in [-0.25, -0.2) is 4.98 Å². The molecule has 21 heavy (non-hydrogen) atoms. The van der Waals surface area contributed by atoms with Crippen molar-refractivity contribution in [2.75, 3.05) is 5.32 Å². The van der Waals surface area contributed by atoms with Crippen molar-refractivity contribution >= 4 is 40.4 Å². The average Bonchev–Trinajstić information content (AvgIpc) is 2.86. The van der Waals surface area contributed by atoms with E-state index in [2.05, 4.69) is 10.3 Å². The van der Waals surface area contributed by atoms with Crippen LogP contribution in [0.1, 0.15) is 25.6 Å². The van der Waals surface area contributed by atoms with Crippen molar-refractivity contribution in [1.29, 1.82) is 0 Å². The third kappa shape index (κ3) is 3.37. The number of thiocarbonyl (C=S) groups is 1. The number of nitrogens with zero attached hydrogens (tertiary/aromatic N) is 3. The predicted octanol–water partition coefficient (Wildman–Crippen LogP) is 3.81. The van der Waals surface area contributed by atoms with E-state index in [1.165, 1.54) is 10.8 Å². The van der Waals surface area contributed by atoms with E-state index in [1.54, 1.807) is 24.3 Å². The molecule has 8 heteroatoms. The Bertz CT molecular complexity index is 682. The SMILES string of the molecule is CC(C)c1ncc([N+](=O)[O-])n1C(=S)Nc1ccc(Cl)cc1. The van der Waals surface area contributed by atoms with Crippen LogP contribution in [0.4, 0.5) is 11.5 Å². The molecule has 1 aromatic heterocycles. The van der Waals surface area contributed by atoms with Crippen LogP contribution in [0.5, 0.6) is 0 Å². The molecule has 1 N–H and O–H groups in total. The van der Waals surface area contributed by atoms with Gasteiger partial charge >= 0.3 is 5.82 Å². The van der Waals surface area contributed by atoms with Crippen LogP contribution in [0.15, 0.2) is 30.5 Å². The lowest BCUT2D eigenvalue weighted by Crippen LogP contribution is -2.23. The zero-order chi connectivity index (χ0) is 15.6. The number of aromatic nitrogens is 2. The number of hydrogen-bond donors (Lipinski definition) is 1. The lowest BCUT2D eigenvalue weighted by Gasteiger charge is -2.09. The first-order valence-electron chi connectivity index (χ1n) is 6.19. The van der Waals surface area contributed by atoms with Gasteiger partial charge in [0, 0.05) is 16.6 Å². The quantitative estimate of drug-likeness (QED) is 0.528. The monoisotopic (exact) mass is 324 g/mol. The Morgan fingerprint density at radius 2 is 2.05 bits per heavy atom. The first-order valence-corrected chi connectivity index (χ1v) is 6.97. The van der Waals surface area contributed by atoms with Gasteiger partial charge in [-0.05, 0) is 41.4 Å². The fourth-order valence-electron chi connectivity index (χ4n) is 1.81. The van der Waals surface area contributed by atoms with Crippen LogP contribution in [0.25, 0.3) is 0 Å². The van der Waals surface area contributed by atoms with Crippen LogP contribution in [-0.2, 0) is 0 Å². The highest BCUT2D eigenvalue weighted by atomic mass is 35.5. The maximum Gasteiger partial charge on any atom is 0.349 e. The van der Waals surface area contributed by atoms with Crippen molar-refractivity contribution in [2.45, 2.75) is 19.8 Å². The number of nitrogens with one attached hydrogen (secondary N) is 1. The summed E-state index contributed by atoms with van der Waals surface area (Å²) in [5.74, 6) is 0.377. The molecule has 0 aliphatic carbocycles. The van der Waals surface area contributed by atoms with E-state index in [1.807, 2.05) is 13.8 Å². The summed E-state index contributed by atoms with van der Waals surface area (Å²) in [5, 5.41) is 14.9. The maximum absolute atomic E-state index is 11.1. The molecule has 2 aromatic rings. The second kappa shape index (κ2) is 6.19. The highest BCUT2D eigenvalue weighted by Crippen LogP contribution is 2.22. The Morgan fingerprint density at radius 3 is 2.57 bits per heavy atom. The van der Waals surface area contributed by atoms with Crippen LogP contribution in [0.3, 0.4) is 0 Å². The molecule has 0 atom stereocenters. The molecule has 0 saturated heterocycles. The van der Waals surface area contributed by atoms with Crippen LogP contribution in [-0.4, -0.2) is 19.6 Å². The zero-order valence-corrected chi connectivity index (χ0v) is 13.0. The van der Waals surface area contributed by atoms with E-state index >= 15 is 0 Å². The van der Waals surface area contributed by atoms with Crippen molar-refractivity contribution in [1.82, 2.24) is 9.55 Å². The summed E-state index contributed by atoms with van der Waals surface area (Å²) in [5.41, 5.74) is 0.696. The molecule has 0 bridgehead atoms. The summed E-state index contributed by atoms with van der Waals surface area (Å²) in [7, 11) is 0. The predicted molar refractivity (Wildman–Crippen MR) is 86.0 cm³/mol. The zero-order valence-electron chi connectivity index (χ0n) is 11.4. The number of nitro groups is 1. The van der Waals surface area contributed by atoms with Gasteiger partial charge in [-0.2, -0.15) is 0 Å². The third-order valence-corrected chi connectivity index (χ3v) is 3.31. The van der Waals surface area contributed by atoms with Gasteiger partial charge in [0.15, 0.2) is 0 Å². The van der Waals surface area contributed by atoms with E-state index < -0.39 is 4.92 Å². The molecule has 0 amide bonds. The summed E-state index contributed by atoms with van der Waals surface area (Å²) in [6.45, 7) is 3.79. The van der Waals surface area contributed by atoms with Crippen molar-refractivity contribution in [3.63, 3.8) is 0 Å². The van der Waals surface area contributed by atoms with Gasteiger partial charge in [0.1, 0.15) is 6.20 Å². The molecule has 0 radical (unpaired) electrons. The first-order chi connectivity index (χ1) is 9.90. The lowest BCUT2D eigenvalue weighted by atomic mass is 10.2. The summed E-state index contributed by atoms with van der Waals surface area (Å²) >= 11 is 11.1. The lowest BCUT2D eigenvalue weighted by molar-refractivity contribution is -0.390. The topological polar surface area (TPSA) is 73.0 Å². The second-order valence-corrected chi connectivity index (χ2v) is 5.48. The van der Waals surface area contributed by atoms with Gasteiger partial charge in [0.2, 0.25) is 5.82 Å². The van der Waals surface area contributed by atoms with Crippen LogP contribution in [0, 0.1) is 10.1 Å². The highest BCUT2D eigenvalue weighted by Gasteiger charge is 2.26. The number of anilines is 1. The van der Waals surface area contributed by atoms with Crippen molar-refractivity contribution in [3.8, 4) is 0 Å². The Labute approximate surface area is 131 Å². The molecule has 0 aliphatic rings. The third-order valence-electron chi connectivity index (χ3n) is 2.77. The normalized spacial score (nSPS) is 10.7. The smallest absolute Gasteiger partial charge is 0.349 e. The van der Waals surface area contributed by atoms with Gasteiger partial charge in [0.05, 0.1) is 0 Å². The highest BCUT2D eigenvalue weighted by molar-refractivity contribution is 7.80. The van der Waals surface area contributed by atoms with Gasteiger partial charge in [-0.3, -0.25) is 0 Å². The van der Waals surface area contributed by atoms with Crippen LogP contribution < -0.4 is 5.32 Å². The van der Waals surface area contributed by atoms with E-state index in [0.29, 0.717) is 16.5 Å². The molecule has 6 nitrogen and oxygen atoms in total. The summed E-state index contributed by atoms with van der Waals surface area (Å²) in [4.78, 5) is 14.7. The number of imidazole rings is 1. The Balaban J connectivity index is 2.35. The molecule has 1 heterocycles. The minimum atomic E-state index is -0.505. The Kier molecular flexibility index (Phi) is 4.54. The molecular formula is C13H13ClN4O2S. The van der Waals surface area contributed by atoms with Gasteiger partial charge in [-0.15, -0.1) is 4.57 Å². The van der Waals surface area contributed by atoms with E-state index in [4.69, 9.17) is 23.8 Å². The summed E-state index contributed by atoms with van der Waals surface area (Å²) < 4.78 is 1.34. The number of rotatable bonds is 3. The Hall–Kier alpha value is -1.99. The number of halogens is 1. The fourth-order valence-corrected chi connectivity index (χ4v) is 2.24. The largest absolute Gasteiger partial charge is 0.358 e. The second-order valence-electron chi connectivity index (χ2n) is 4.66. The molecule has 0 spiro atoms. The molecule has 110 valence electrons. The molecule has 1 aromatic carbocycles. The summed E-state index contributed by atoms with van der Waals surface area (Å²) in [6, 6.07) is 6.90. The fraction of sp³-hybridized carbons (Fsp3) is 0.231. The van der Waals surface area contributed by atoms with Crippen molar-refractivity contribution < 1.29 is 4.92 Å². The van der Waals surface area contributed by atoms with Crippen molar-refractivity contribution in [3.05, 3.63) is 51.4 Å². The Morgan fingerprint density at radius 1 is 1.43 bits per heavy atom. The van der Waals surface area contributed by atoms with E-state index in [0.717, 1.165) is 0 Å². The summed E-state index contributed by atoms with van der Waals surface area (Å²) in [6.07, 6.45) is 1.21. The van der Waals surface area contributed by atoms with Gasteiger partial charge in [-0.1, -0.05) is 25.4 Å². The van der Waals surface area contributed by atoms with E-state index in [9.17, 15) is 10.1 Å². The maximum atomic E-state index is 11.1.